The highest BCUT2D eigenvalue weighted by Gasteiger charge is 2.17. The number of rotatable bonds is 3. The van der Waals surface area contributed by atoms with E-state index in [1.165, 1.54) is 0 Å². The predicted octanol–water partition coefficient (Wildman–Crippen LogP) is 1.52. The maximum Gasteiger partial charge on any atom is 0.226 e. The molecule has 2 rings (SSSR count). The number of nitrogen functional groups attached to an aromatic ring is 1. The molecule has 1 unspecified atom stereocenters. The molecule has 104 valence electrons. The lowest BCUT2D eigenvalue weighted by Gasteiger charge is -2.24. The van der Waals surface area contributed by atoms with E-state index in [1.54, 1.807) is 6.07 Å². The summed E-state index contributed by atoms with van der Waals surface area (Å²) in [6.45, 7) is 6.04. The SMILES string of the molecule is CC(C)C(=O)Nc1cc(N)cc(C2CNCCO2)c1. The van der Waals surface area contributed by atoms with Crippen molar-refractivity contribution in [3.8, 4) is 0 Å². The summed E-state index contributed by atoms with van der Waals surface area (Å²) >= 11 is 0. The zero-order valence-corrected chi connectivity index (χ0v) is 11.4. The van der Waals surface area contributed by atoms with Crippen molar-refractivity contribution in [3.05, 3.63) is 23.8 Å². The van der Waals surface area contributed by atoms with Crippen LogP contribution in [0.15, 0.2) is 18.2 Å². The van der Waals surface area contributed by atoms with E-state index in [0.29, 0.717) is 12.3 Å². The molecule has 0 aromatic heterocycles. The molecule has 0 spiro atoms. The van der Waals surface area contributed by atoms with Crippen LogP contribution in [-0.4, -0.2) is 25.6 Å². The summed E-state index contributed by atoms with van der Waals surface area (Å²) in [6, 6.07) is 5.58. The van der Waals surface area contributed by atoms with Crippen LogP contribution in [0.2, 0.25) is 0 Å². The lowest BCUT2D eigenvalue weighted by molar-refractivity contribution is -0.118. The Labute approximate surface area is 113 Å². The van der Waals surface area contributed by atoms with Gasteiger partial charge < -0.3 is 21.1 Å². The smallest absolute Gasteiger partial charge is 0.226 e. The maximum atomic E-state index is 11.7. The Morgan fingerprint density at radius 3 is 2.89 bits per heavy atom. The van der Waals surface area contributed by atoms with Gasteiger partial charge in [-0.05, 0) is 23.8 Å². The zero-order chi connectivity index (χ0) is 13.8. The highest BCUT2D eigenvalue weighted by Crippen LogP contribution is 2.25. The fourth-order valence-corrected chi connectivity index (χ4v) is 2.00. The molecule has 1 aliphatic heterocycles. The van der Waals surface area contributed by atoms with Gasteiger partial charge in [0, 0.05) is 30.4 Å². The molecule has 0 saturated carbocycles. The number of nitrogens with one attached hydrogen (secondary N) is 2. The number of carbonyl (C=O) groups is 1. The summed E-state index contributed by atoms with van der Waals surface area (Å²) in [5, 5.41) is 6.14. The van der Waals surface area contributed by atoms with Crippen LogP contribution in [0.5, 0.6) is 0 Å². The van der Waals surface area contributed by atoms with Crippen molar-refractivity contribution >= 4 is 17.3 Å². The number of nitrogens with two attached hydrogens (primary N) is 1. The minimum Gasteiger partial charge on any atom is -0.399 e. The van der Waals surface area contributed by atoms with E-state index in [4.69, 9.17) is 10.5 Å². The van der Waals surface area contributed by atoms with E-state index >= 15 is 0 Å². The van der Waals surface area contributed by atoms with Gasteiger partial charge in [-0.3, -0.25) is 4.79 Å². The maximum absolute atomic E-state index is 11.7. The van der Waals surface area contributed by atoms with Gasteiger partial charge in [-0.2, -0.15) is 0 Å². The monoisotopic (exact) mass is 263 g/mol. The highest BCUT2D eigenvalue weighted by molar-refractivity contribution is 5.92. The number of amides is 1. The van der Waals surface area contributed by atoms with Gasteiger partial charge in [0.1, 0.15) is 0 Å². The summed E-state index contributed by atoms with van der Waals surface area (Å²) in [4.78, 5) is 11.7. The van der Waals surface area contributed by atoms with Gasteiger partial charge in [0.2, 0.25) is 5.91 Å². The average Bonchev–Trinajstić information content (AvgIpc) is 2.39. The standard InChI is InChI=1S/C14H21N3O2/c1-9(2)14(18)17-12-6-10(5-11(15)7-12)13-8-16-3-4-19-13/h5-7,9,13,16H,3-4,8,15H2,1-2H3,(H,17,18). The molecule has 1 saturated heterocycles. The van der Waals surface area contributed by atoms with Crippen LogP contribution in [0, 0.1) is 5.92 Å². The molecule has 1 aromatic rings. The highest BCUT2D eigenvalue weighted by atomic mass is 16.5. The second kappa shape index (κ2) is 6.04. The van der Waals surface area contributed by atoms with Crippen LogP contribution in [0.3, 0.4) is 0 Å². The molecule has 19 heavy (non-hydrogen) atoms. The van der Waals surface area contributed by atoms with Gasteiger partial charge in [-0.15, -0.1) is 0 Å². The average molecular weight is 263 g/mol. The van der Waals surface area contributed by atoms with E-state index in [-0.39, 0.29) is 17.9 Å². The van der Waals surface area contributed by atoms with Crippen molar-refractivity contribution in [3.63, 3.8) is 0 Å². The molecule has 0 bridgehead atoms. The number of ether oxygens (including phenoxy) is 1. The molecule has 1 amide bonds. The summed E-state index contributed by atoms with van der Waals surface area (Å²) in [7, 11) is 0. The van der Waals surface area contributed by atoms with Crippen molar-refractivity contribution in [2.45, 2.75) is 20.0 Å². The van der Waals surface area contributed by atoms with Gasteiger partial charge in [0.15, 0.2) is 0 Å². The largest absolute Gasteiger partial charge is 0.399 e. The van der Waals surface area contributed by atoms with E-state index in [9.17, 15) is 4.79 Å². The molecule has 5 nitrogen and oxygen atoms in total. The van der Waals surface area contributed by atoms with Crippen LogP contribution in [0.25, 0.3) is 0 Å². The van der Waals surface area contributed by atoms with E-state index in [1.807, 2.05) is 26.0 Å². The third-order valence-electron chi connectivity index (χ3n) is 3.07. The Morgan fingerprint density at radius 1 is 1.47 bits per heavy atom. The van der Waals surface area contributed by atoms with Gasteiger partial charge in [0.05, 0.1) is 12.7 Å². The van der Waals surface area contributed by atoms with E-state index in [0.717, 1.165) is 24.3 Å². The Kier molecular flexibility index (Phi) is 4.39. The van der Waals surface area contributed by atoms with Crippen LogP contribution in [0.1, 0.15) is 25.5 Å². The quantitative estimate of drug-likeness (QED) is 0.723. The first-order chi connectivity index (χ1) is 9.06. The van der Waals surface area contributed by atoms with Crippen LogP contribution in [0.4, 0.5) is 11.4 Å². The molecule has 1 fully saturated rings. The van der Waals surface area contributed by atoms with Crippen molar-refractivity contribution in [2.75, 3.05) is 30.7 Å². The van der Waals surface area contributed by atoms with Crippen molar-refractivity contribution in [2.24, 2.45) is 5.92 Å². The Morgan fingerprint density at radius 2 is 2.26 bits per heavy atom. The van der Waals surface area contributed by atoms with Gasteiger partial charge in [-0.1, -0.05) is 13.8 Å². The fraction of sp³-hybridized carbons (Fsp3) is 0.500. The first-order valence-electron chi connectivity index (χ1n) is 6.60. The van der Waals surface area contributed by atoms with Crippen molar-refractivity contribution in [1.29, 1.82) is 0 Å². The summed E-state index contributed by atoms with van der Waals surface area (Å²) in [5.74, 6) is -0.0725. The molecule has 1 heterocycles. The van der Waals surface area contributed by atoms with Gasteiger partial charge in [0.25, 0.3) is 0 Å². The second-order valence-corrected chi connectivity index (χ2v) is 5.10. The molecule has 4 N–H and O–H groups in total. The number of hydrogen-bond acceptors (Lipinski definition) is 4. The third-order valence-corrected chi connectivity index (χ3v) is 3.07. The summed E-state index contributed by atoms with van der Waals surface area (Å²) in [6.07, 6.45) is -0.00745. The molecule has 1 aromatic carbocycles. The number of morpholine rings is 1. The number of anilines is 2. The predicted molar refractivity (Wildman–Crippen MR) is 75.9 cm³/mol. The topological polar surface area (TPSA) is 76.4 Å². The van der Waals surface area contributed by atoms with Gasteiger partial charge >= 0.3 is 0 Å². The normalized spacial score (nSPS) is 19.4. The first kappa shape index (κ1) is 13.8. The molecular formula is C14H21N3O2. The van der Waals surface area contributed by atoms with E-state index in [2.05, 4.69) is 10.6 Å². The molecule has 1 atom stereocenters. The fourth-order valence-electron chi connectivity index (χ4n) is 2.00. The lowest BCUT2D eigenvalue weighted by atomic mass is 10.1. The van der Waals surface area contributed by atoms with Crippen LogP contribution < -0.4 is 16.4 Å². The molecule has 0 aliphatic carbocycles. The molecule has 1 aliphatic rings. The Hall–Kier alpha value is -1.59. The number of hydrogen-bond donors (Lipinski definition) is 3. The minimum absolute atomic E-state index is 0.00745. The first-order valence-corrected chi connectivity index (χ1v) is 6.60. The van der Waals surface area contributed by atoms with Crippen molar-refractivity contribution < 1.29 is 9.53 Å². The van der Waals surface area contributed by atoms with Crippen LogP contribution >= 0.6 is 0 Å². The van der Waals surface area contributed by atoms with Crippen molar-refractivity contribution in [1.82, 2.24) is 5.32 Å². The minimum atomic E-state index is -0.0579. The Bertz CT molecular complexity index is 454. The summed E-state index contributed by atoms with van der Waals surface area (Å²) in [5.41, 5.74) is 8.24. The van der Waals surface area contributed by atoms with Crippen LogP contribution in [-0.2, 0) is 9.53 Å². The Balaban J connectivity index is 2.16. The second-order valence-electron chi connectivity index (χ2n) is 5.10. The number of benzene rings is 1. The lowest BCUT2D eigenvalue weighted by Crippen LogP contribution is -2.33. The zero-order valence-electron chi connectivity index (χ0n) is 11.4. The molecule has 0 radical (unpaired) electrons. The molecule has 5 heteroatoms. The third kappa shape index (κ3) is 3.68. The number of carbonyl (C=O) groups excluding carboxylic acids is 1. The molecular weight excluding hydrogens is 242 g/mol. The summed E-state index contributed by atoms with van der Waals surface area (Å²) < 4.78 is 5.70. The van der Waals surface area contributed by atoms with E-state index < -0.39 is 0 Å². The van der Waals surface area contributed by atoms with Gasteiger partial charge in [-0.25, -0.2) is 0 Å².